The van der Waals surface area contributed by atoms with E-state index in [9.17, 15) is 0 Å². The molecule has 1 saturated heterocycles. The van der Waals surface area contributed by atoms with Crippen molar-refractivity contribution in [1.29, 1.82) is 0 Å². The van der Waals surface area contributed by atoms with Crippen LogP contribution in [0.25, 0.3) is 0 Å². The maximum Gasteiger partial charge on any atom is 0.0416 e. The van der Waals surface area contributed by atoms with Crippen molar-refractivity contribution in [3.63, 3.8) is 0 Å². The third-order valence-electron chi connectivity index (χ3n) is 4.40. The summed E-state index contributed by atoms with van der Waals surface area (Å²) in [4.78, 5) is 7.01. The smallest absolute Gasteiger partial charge is 0.0416 e. The number of nitrogens with one attached hydrogen (secondary N) is 1. The predicted molar refractivity (Wildman–Crippen MR) is 73.5 cm³/mol. The van der Waals surface area contributed by atoms with E-state index in [1.807, 2.05) is 12.3 Å². The Morgan fingerprint density at radius 2 is 2.33 bits per heavy atom. The van der Waals surface area contributed by atoms with E-state index in [2.05, 4.69) is 34.3 Å². The van der Waals surface area contributed by atoms with E-state index in [1.165, 1.54) is 31.6 Å². The van der Waals surface area contributed by atoms with Crippen LogP contribution in [-0.2, 0) is 6.42 Å². The van der Waals surface area contributed by atoms with Crippen LogP contribution in [0.4, 0.5) is 0 Å². The van der Waals surface area contributed by atoms with Crippen molar-refractivity contribution in [2.45, 2.75) is 31.7 Å². The number of rotatable bonds is 4. The molecule has 1 atom stereocenters. The molecule has 2 heterocycles. The van der Waals surface area contributed by atoms with Gasteiger partial charge in [-0.2, -0.15) is 0 Å². The zero-order valence-corrected chi connectivity index (χ0v) is 11.2. The van der Waals surface area contributed by atoms with Crippen molar-refractivity contribution in [2.75, 3.05) is 26.2 Å². The van der Waals surface area contributed by atoms with Gasteiger partial charge in [-0.05, 0) is 37.8 Å². The third-order valence-corrected chi connectivity index (χ3v) is 4.40. The standard InChI is InChI=1S/C15H23N3/c1-15(13-5-6-13)12-18(11-9-17-15)10-7-14-4-2-3-8-16-14/h2-4,8,13,17H,5-7,9-12H2,1H3. The number of pyridine rings is 1. The molecule has 3 rings (SSSR count). The summed E-state index contributed by atoms with van der Waals surface area (Å²) in [6, 6.07) is 6.19. The Hall–Kier alpha value is -0.930. The van der Waals surface area contributed by atoms with Gasteiger partial charge >= 0.3 is 0 Å². The molecule has 3 nitrogen and oxygen atoms in total. The highest BCUT2D eigenvalue weighted by Gasteiger charge is 2.43. The number of aromatic nitrogens is 1. The second-order valence-electron chi connectivity index (χ2n) is 5.97. The van der Waals surface area contributed by atoms with Gasteiger partial charge < -0.3 is 5.32 Å². The molecule has 1 saturated carbocycles. The minimum Gasteiger partial charge on any atom is -0.309 e. The lowest BCUT2D eigenvalue weighted by Crippen LogP contribution is -2.60. The normalized spacial score (nSPS) is 29.4. The summed E-state index contributed by atoms with van der Waals surface area (Å²) >= 11 is 0. The van der Waals surface area contributed by atoms with Crippen molar-refractivity contribution < 1.29 is 0 Å². The van der Waals surface area contributed by atoms with Crippen molar-refractivity contribution in [3.05, 3.63) is 30.1 Å². The van der Waals surface area contributed by atoms with Crippen molar-refractivity contribution in [2.24, 2.45) is 5.92 Å². The topological polar surface area (TPSA) is 28.2 Å². The van der Waals surface area contributed by atoms with Crippen LogP contribution in [0.1, 0.15) is 25.5 Å². The maximum absolute atomic E-state index is 4.40. The van der Waals surface area contributed by atoms with Gasteiger partial charge in [-0.15, -0.1) is 0 Å². The second kappa shape index (κ2) is 4.98. The second-order valence-corrected chi connectivity index (χ2v) is 5.97. The van der Waals surface area contributed by atoms with Gasteiger partial charge in [-0.1, -0.05) is 6.07 Å². The molecule has 1 aliphatic heterocycles. The highest BCUT2D eigenvalue weighted by Crippen LogP contribution is 2.40. The maximum atomic E-state index is 4.40. The molecule has 1 aromatic rings. The first-order valence-corrected chi connectivity index (χ1v) is 7.13. The summed E-state index contributed by atoms with van der Waals surface area (Å²) in [6.07, 6.45) is 5.79. The van der Waals surface area contributed by atoms with Gasteiger partial charge in [0.05, 0.1) is 0 Å². The lowest BCUT2D eigenvalue weighted by Gasteiger charge is -2.42. The van der Waals surface area contributed by atoms with Gasteiger partial charge in [0.25, 0.3) is 0 Å². The molecule has 3 heteroatoms. The van der Waals surface area contributed by atoms with Gasteiger partial charge in [-0.25, -0.2) is 0 Å². The molecule has 18 heavy (non-hydrogen) atoms. The molecule has 0 radical (unpaired) electrons. The number of hydrogen-bond acceptors (Lipinski definition) is 3. The molecule has 0 spiro atoms. The molecule has 0 bridgehead atoms. The Kier molecular flexibility index (Phi) is 3.35. The van der Waals surface area contributed by atoms with Crippen molar-refractivity contribution in [1.82, 2.24) is 15.2 Å². The van der Waals surface area contributed by atoms with Crippen LogP contribution in [0.2, 0.25) is 0 Å². The first-order valence-electron chi connectivity index (χ1n) is 7.13. The van der Waals surface area contributed by atoms with E-state index in [0.717, 1.165) is 25.4 Å². The van der Waals surface area contributed by atoms with Crippen LogP contribution in [0, 0.1) is 5.92 Å². The van der Waals surface area contributed by atoms with Gasteiger partial charge in [0, 0.05) is 50.0 Å². The van der Waals surface area contributed by atoms with E-state index in [-0.39, 0.29) is 0 Å². The van der Waals surface area contributed by atoms with E-state index in [1.54, 1.807) is 0 Å². The first-order chi connectivity index (χ1) is 8.76. The molecule has 1 aromatic heterocycles. The van der Waals surface area contributed by atoms with Gasteiger partial charge in [0.2, 0.25) is 0 Å². The molecular weight excluding hydrogens is 222 g/mol. The van der Waals surface area contributed by atoms with E-state index in [4.69, 9.17) is 0 Å². The average molecular weight is 245 g/mol. The van der Waals surface area contributed by atoms with E-state index < -0.39 is 0 Å². The Labute approximate surface area is 110 Å². The van der Waals surface area contributed by atoms with Crippen molar-refractivity contribution in [3.8, 4) is 0 Å². The highest BCUT2D eigenvalue weighted by atomic mass is 15.2. The summed E-state index contributed by atoms with van der Waals surface area (Å²) in [5.74, 6) is 0.912. The fourth-order valence-corrected chi connectivity index (χ4v) is 3.10. The Bertz CT molecular complexity index is 388. The van der Waals surface area contributed by atoms with Crippen LogP contribution in [0.15, 0.2) is 24.4 Å². The Morgan fingerprint density at radius 3 is 3.06 bits per heavy atom. The molecule has 2 fully saturated rings. The SMILES string of the molecule is CC1(C2CC2)CN(CCc2ccccn2)CCN1. The van der Waals surface area contributed by atoms with Gasteiger partial charge in [-0.3, -0.25) is 9.88 Å². The molecule has 1 N–H and O–H groups in total. The summed E-state index contributed by atoms with van der Waals surface area (Å²) in [7, 11) is 0. The van der Waals surface area contributed by atoms with Gasteiger partial charge in [0.1, 0.15) is 0 Å². The molecule has 1 aliphatic carbocycles. The largest absolute Gasteiger partial charge is 0.309 e. The Morgan fingerprint density at radius 1 is 1.44 bits per heavy atom. The summed E-state index contributed by atoms with van der Waals surface area (Å²) in [6.45, 7) is 7.05. The summed E-state index contributed by atoms with van der Waals surface area (Å²) in [5, 5.41) is 3.73. The molecular formula is C15H23N3. The minimum atomic E-state index is 0.363. The predicted octanol–water partition coefficient (Wildman–Crippen LogP) is 1.70. The molecule has 0 aromatic carbocycles. The number of nitrogens with zero attached hydrogens (tertiary/aromatic N) is 2. The van der Waals surface area contributed by atoms with Crippen LogP contribution in [0.3, 0.4) is 0 Å². The van der Waals surface area contributed by atoms with Crippen molar-refractivity contribution >= 4 is 0 Å². The van der Waals surface area contributed by atoms with Crippen LogP contribution >= 0.6 is 0 Å². The fraction of sp³-hybridized carbons (Fsp3) is 0.667. The van der Waals surface area contributed by atoms with E-state index >= 15 is 0 Å². The Balaban J connectivity index is 1.53. The number of hydrogen-bond donors (Lipinski definition) is 1. The third kappa shape index (κ3) is 2.73. The average Bonchev–Trinajstić information content (AvgIpc) is 3.22. The van der Waals surface area contributed by atoms with Crippen LogP contribution < -0.4 is 5.32 Å². The first kappa shape index (κ1) is 12.1. The monoisotopic (exact) mass is 245 g/mol. The summed E-state index contributed by atoms with van der Waals surface area (Å²) in [5.41, 5.74) is 1.58. The minimum absolute atomic E-state index is 0.363. The van der Waals surface area contributed by atoms with Gasteiger partial charge in [0.15, 0.2) is 0 Å². The number of piperazine rings is 1. The van der Waals surface area contributed by atoms with E-state index in [0.29, 0.717) is 5.54 Å². The zero-order valence-electron chi connectivity index (χ0n) is 11.2. The lowest BCUT2D eigenvalue weighted by atomic mass is 9.93. The van der Waals surface area contributed by atoms with Crippen LogP contribution in [0.5, 0.6) is 0 Å². The molecule has 2 aliphatic rings. The zero-order chi connectivity index (χ0) is 12.4. The summed E-state index contributed by atoms with van der Waals surface area (Å²) < 4.78 is 0. The molecule has 98 valence electrons. The quantitative estimate of drug-likeness (QED) is 0.875. The highest BCUT2D eigenvalue weighted by molar-refractivity contribution is 5.05. The van der Waals surface area contributed by atoms with Crippen LogP contribution in [-0.4, -0.2) is 41.6 Å². The fourth-order valence-electron chi connectivity index (χ4n) is 3.10. The molecule has 1 unspecified atom stereocenters. The lowest BCUT2D eigenvalue weighted by molar-refractivity contribution is 0.128. The molecule has 0 amide bonds.